The van der Waals surface area contributed by atoms with Gasteiger partial charge in [0.2, 0.25) is 0 Å². The molecule has 0 aliphatic carbocycles. The number of nitrogens with two attached hydrogens (primary N) is 1. The molecule has 2 aromatic heterocycles. The van der Waals surface area contributed by atoms with Crippen molar-refractivity contribution in [3.63, 3.8) is 0 Å². The molecule has 0 aromatic carbocycles. The quantitative estimate of drug-likeness (QED) is 0.876. The van der Waals surface area contributed by atoms with Gasteiger partial charge in [-0.25, -0.2) is 4.98 Å². The van der Waals surface area contributed by atoms with Crippen molar-refractivity contribution in [1.82, 2.24) is 9.88 Å². The molecule has 1 saturated heterocycles. The normalized spacial score (nSPS) is 22.7. The van der Waals surface area contributed by atoms with Crippen LogP contribution < -0.4 is 5.73 Å². The molecule has 2 aromatic rings. The van der Waals surface area contributed by atoms with Gasteiger partial charge in [-0.2, -0.15) is 0 Å². The molecule has 2 N–H and O–H groups in total. The number of aromatic nitrogens is 1. The van der Waals surface area contributed by atoms with Gasteiger partial charge in [-0.3, -0.25) is 4.79 Å². The second-order valence-electron chi connectivity index (χ2n) is 5.99. The van der Waals surface area contributed by atoms with Crippen molar-refractivity contribution in [1.29, 1.82) is 0 Å². The Kier molecular flexibility index (Phi) is 3.61. The average molecular weight is 303 g/mol. The molecule has 1 aliphatic rings. The number of carbonyl (C=O) groups excluding carboxylic acids is 1. The lowest BCUT2D eigenvalue weighted by Crippen LogP contribution is -2.47. The number of likely N-dealkylation sites (tertiary alicyclic amines) is 1. The first kappa shape index (κ1) is 14.3. The third kappa shape index (κ3) is 2.29. The highest BCUT2D eigenvalue weighted by molar-refractivity contribution is 7.21. The number of hydrogen-bond donors (Lipinski definition) is 1. The number of pyridine rings is 1. The summed E-state index contributed by atoms with van der Waals surface area (Å²) in [5.74, 6) is 0.0644. The first-order valence-electron chi connectivity index (χ1n) is 7.47. The van der Waals surface area contributed by atoms with Gasteiger partial charge in [0.15, 0.2) is 0 Å². The van der Waals surface area contributed by atoms with Gasteiger partial charge < -0.3 is 10.6 Å². The molecule has 21 heavy (non-hydrogen) atoms. The Labute approximate surface area is 129 Å². The highest BCUT2D eigenvalue weighted by Crippen LogP contribution is 2.36. The number of thiophene rings is 1. The molecule has 1 fully saturated rings. The number of fused-ring (bicyclic) bond motifs is 1. The largest absolute Gasteiger partial charge is 0.397 e. The minimum atomic E-state index is 0.0644. The monoisotopic (exact) mass is 303 g/mol. The minimum Gasteiger partial charge on any atom is -0.397 e. The maximum atomic E-state index is 13.0. The molecule has 1 amide bonds. The van der Waals surface area contributed by atoms with E-state index in [2.05, 4.69) is 18.8 Å². The second kappa shape index (κ2) is 5.30. The van der Waals surface area contributed by atoms with Crippen molar-refractivity contribution in [3.05, 3.63) is 22.7 Å². The van der Waals surface area contributed by atoms with E-state index in [-0.39, 0.29) is 18.0 Å². The van der Waals surface area contributed by atoms with Gasteiger partial charge in [-0.15, -0.1) is 11.3 Å². The summed E-state index contributed by atoms with van der Waals surface area (Å²) in [6.07, 6.45) is 5.10. The zero-order chi connectivity index (χ0) is 15.1. The van der Waals surface area contributed by atoms with Crippen LogP contribution in [0.4, 0.5) is 5.69 Å². The van der Waals surface area contributed by atoms with Crippen LogP contribution >= 0.6 is 11.3 Å². The zero-order valence-corrected chi connectivity index (χ0v) is 13.5. The SMILES string of the molecule is Cc1ccnc2sc(C(=O)N3C(C)CCCC3C)c(N)c12. The predicted molar refractivity (Wildman–Crippen MR) is 87.7 cm³/mol. The lowest BCUT2D eigenvalue weighted by molar-refractivity contribution is 0.0517. The summed E-state index contributed by atoms with van der Waals surface area (Å²) in [5, 5.41) is 0.933. The summed E-state index contributed by atoms with van der Waals surface area (Å²) in [7, 11) is 0. The summed E-state index contributed by atoms with van der Waals surface area (Å²) >= 11 is 1.42. The molecular formula is C16H21N3OS. The molecule has 112 valence electrons. The van der Waals surface area contributed by atoms with Crippen LogP contribution in [0.15, 0.2) is 12.3 Å². The summed E-state index contributed by atoms with van der Waals surface area (Å²) < 4.78 is 0. The van der Waals surface area contributed by atoms with E-state index in [1.54, 1.807) is 6.20 Å². The van der Waals surface area contributed by atoms with E-state index in [0.717, 1.165) is 28.6 Å². The van der Waals surface area contributed by atoms with Crippen LogP contribution in [0.25, 0.3) is 10.2 Å². The number of nitrogens with zero attached hydrogens (tertiary/aromatic N) is 2. The number of anilines is 1. The van der Waals surface area contributed by atoms with Crippen LogP contribution in [0.2, 0.25) is 0 Å². The van der Waals surface area contributed by atoms with Gasteiger partial charge >= 0.3 is 0 Å². The van der Waals surface area contributed by atoms with Crippen LogP contribution in [0.5, 0.6) is 0 Å². The summed E-state index contributed by atoms with van der Waals surface area (Å²) in [4.78, 5) is 20.8. The lowest BCUT2D eigenvalue weighted by atomic mass is 9.97. The van der Waals surface area contributed by atoms with E-state index >= 15 is 0 Å². The highest BCUT2D eigenvalue weighted by Gasteiger charge is 2.32. The van der Waals surface area contributed by atoms with Crippen molar-refractivity contribution in [2.75, 3.05) is 5.73 Å². The minimum absolute atomic E-state index is 0.0644. The van der Waals surface area contributed by atoms with Gasteiger partial charge in [0.1, 0.15) is 9.71 Å². The third-order valence-corrected chi connectivity index (χ3v) is 5.56. The van der Waals surface area contributed by atoms with Crippen LogP contribution in [-0.4, -0.2) is 27.9 Å². The Balaban J connectivity index is 2.05. The molecule has 0 saturated carbocycles. The summed E-state index contributed by atoms with van der Waals surface area (Å²) in [6, 6.07) is 2.49. The van der Waals surface area contributed by atoms with Gasteiger partial charge in [-0.1, -0.05) is 0 Å². The van der Waals surface area contributed by atoms with Gasteiger partial charge in [0, 0.05) is 23.7 Å². The number of aryl methyl sites for hydroxylation is 1. The van der Waals surface area contributed by atoms with Crippen molar-refractivity contribution in [3.8, 4) is 0 Å². The third-order valence-electron chi connectivity index (χ3n) is 4.46. The maximum Gasteiger partial charge on any atom is 0.266 e. The number of hydrogen-bond acceptors (Lipinski definition) is 4. The second-order valence-corrected chi connectivity index (χ2v) is 6.99. The van der Waals surface area contributed by atoms with Gasteiger partial charge in [0.25, 0.3) is 5.91 Å². The van der Waals surface area contributed by atoms with E-state index in [0.29, 0.717) is 10.6 Å². The molecule has 5 heteroatoms. The maximum absolute atomic E-state index is 13.0. The molecule has 2 unspecified atom stereocenters. The van der Waals surface area contributed by atoms with Crippen molar-refractivity contribution in [2.45, 2.75) is 52.1 Å². The van der Waals surface area contributed by atoms with Crippen LogP contribution in [0.1, 0.15) is 48.3 Å². The van der Waals surface area contributed by atoms with Crippen LogP contribution in [0, 0.1) is 6.92 Å². The molecule has 2 atom stereocenters. The van der Waals surface area contributed by atoms with E-state index in [4.69, 9.17) is 5.73 Å². The average Bonchev–Trinajstić information content (AvgIpc) is 2.77. The van der Waals surface area contributed by atoms with Gasteiger partial charge in [0.05, 0.1) is 5.69 Å². The fourth-order valence-electron chi connectivity index (χ4n) is 3.30. The molecule has 3 heterocycles. The molecule has 0 bridgehead atoms. The van der Waals surface area contributed by atoms with E-state index in [1.807, 2.05) is 17.9 Å². The predicted octanol–water partition coefficient (Wildman–Crippen LogP) is 3.59. The Hall–Kier alpha value is -1.62. The number of amides is 1. The fraction of sp³-hybridized carbons (Fsp3) is 0.500. The Morgan fingerprint density at radius 2 is 2.05 bits per heavy atom. The van der Waals surface area contributed by atoms with E-state index < -0.39 is 0 Å². The lowest BCUT2D eigenvalue weighted by Gasteiger charge is -2.38. The summed E-state index contributed by atoms with van der Waals surface area (Å²) in [6.45, 7) is 6.26. The van der Waals surface area contributed by atoms with E-state index in [9.17, 15) is 4.79 Å². The Morgan fingerprint density at radius 3 is 2.67 bits per heavy atom. The van der Waals surface area contributed by atoms with Gasteiger partial charge in [-0.05, 0) is 51.7 Å². The highest BCUT2D eigenvalue weighted by atomic mass is 32.1. The molecular weight excluding hydrogens is 282 g/mol. The standard InChI is InChI=1S/C16H21N3OS/c1-9-7-8-18-15-12(9)13(17)14(21-15)16(20)19-10(2)5-4-6-11(19)3/h7-8,10-11H,4-6,17H2,1-3H3. The molecule has 3 rings (SSSR count). The van der Waals surface area contributed by atoms with Crippen molar-refractivity contribution >= 4 is 33.1 Å². The zero-order valence-electron chi connectivity index (χ0n) is 12.7. The molecule has 4 nitrogen and oxygen atoms in total. The smallest absolute Gasteiger partial charge is 0.266 e. The molecule has 0 spiro atoms. The van der Waals surface area contributed by atoms with Crippen LogP contribution in [-0.2, 0) is 0 Å². The number of rotatable bonds is 1. The first-order valence-corrected chi connectivity index (χ1v) is 8.28. The number of nitrogen functional groups attached to an aromatic ring is 1. The number of piperidine rings is 1. The molecule has 0 radical (unpaired) electrons. The Morgan fingerprint density at radius 1 is 1.38 bits per heavy atom. The summed E-state index contributed by atoms with van der Waals surface area (Å²) in [5.41, 5.74) is 7.93. The van der Waals surface area contributed by atoms with Crippen LogP contribution in [0.3, 0.4) is 0 Å². The topological polar surface area (TPSA) is 59.2 Å². The molecule has 1 aliphatic heterocycles. The van der Waals surface area contributed by atoms with Crippen molar-refractivity contribution in [2.24, 2.45) is 0 Å². The fourth-order valence-corrected chi connectivity index (χ4v) is 4.39. The van der Waals surface area contributed by atoms with Crippen molar-refractivity contribution < 1.29 is 4.79 Å². The van der Waals surface area contributed by atoms with E-state index in [1.165, 1.54) is 17.8 Å². The Bertz CT molecular complexity index is 684. The first-order chi connectivity index (χ1) is 10.0. The number of carbonyl (C=O) groups is 1.